The summed E-state index contributed by atoms with van der Waals surface area (Å²) in [6, 6.07) is 19.1. The molecule has 10 nitrogen and oxygen atoms in total. The van der Waals surface area contributed by atoms with Crippen molar-refractivity contribution in [3.8, 4) is 12.1 Å². The molecule has 4 aromatic rings. The van der Waals surface area contributed by atoms with E-state index in [0.29, 0.717) is 35.6 Å². The van der Waals surface area contributed by atoms with E-state index in [2.05, 4.69) is 61.3 Å². The molecule has 2 aliphatic carbocycles. The van der Waals surface area contributed by atoms with Crippen LogP contribution >= 0.6 is 0 Å². The van der Waals surface area contributed by atoms with Crippen LogP contribution in [0.2, 0.25) is 0 Å². The number of benzene rings is 2. The summed E-state index contributed by atoms with van der Waals surface area (Å²) in [6.07, 6.45) is 6.63. The molecule has 1 saturated carbocycles. The number of H-pyrrole nitrogens is 1. The SMILES string of the molecule is N#Cc1ccc2c(c1)N(C1(C#N)CC1)CCN2c1n[nH]c2nc(N3CCC4(CC3)Cc3ccccc3[C@H]4N)cnc12. The largest absolute Gasteiger partial charge is 0.355 e. The molecule has 8 rings (SSSR count). The first-order valence-electron chi connectivity index (χ1n) is 14.3. The minimum atomic E-state index is -0.477. The number of anilines is 4. The Morgan fingerprint density at radius 2 is 1.80 bits per heavy atom. The number of nitrogens with zero attached hydrogens (tertiary/aromatic N) is 8. The van der Waals surface area contributed by atoms with Gasteiger partial charge in [0.2, 0.25) is 0 Å². The summed E-state index contributed by atoms with van der Waals surface area (Å²) in [5, 5.41) is 27.2. The molecule has 41 heavy (non-hydrogen) atoms. The summed E-state index contributed by atoms with van der Waals surface area (Å²) in [5.74, 6) is 1.55. The van der Waals surface area contributed by atoms with Crippen molar-refractivity contribution < 1.29 is 0 Å². The third-order valence-electron chi connectivity index (χ3n) is 9.85. The average molecular weight is 543 g/mol. The van der Waals surface area contributed by atoms with Crippen molar-refractivity contribution in [2.45, 2.75) is 43.7 Å². The quantitative estimate of drug-likeness (QED) is 0.392. The van der Waals surface area contributed by atoms with E-state index < -0.39 is 5.54 Å². The van der Waals surface area contributed by atoms with Crippen molar-refractivity contribution in [2.24, 2.45) is 11.1 Å². The lowest BCUT2D eigenvalue weighted by Crippen LogP contribution is -2.45. The first-order chi connectivity index (χ1) is 20.0. The zero-order chi connectivity index (χ0) is 27.8. The predicted octanol–water partition coefficient (Wildman–Crippen LogP) is 4.08. The Hall–Kier alpha value is -4.67. The summed E-state index contributed by atoms with van der Waals surface area (Å²) in [4.78, 5) is 16.4. The minimum Gasteiger partial charge on any atom is -0.355 e. The van der Waals surface area contributed by atoms with Crippen molar-refractivity contribution in [3.63, 3.8) is 0 Å². The molecule has 1 saturated heterocycles. The number of fused-ring (bicyclic) bond motifs is 3. The van der Waals surface area contributed by atoms with Crippen LogP contribution in [0.4, 0.5) is 23.0 Å². The second-order valence-electron chi connectivity index (χ2n) is 11.9. The van der Waals surface area contributed by atoms with Crippen molar-refractivity contribution in [3.05, 3.63) is 65.4 Å². The molecule has 0 unspecified atom stereocenters. The smallest absolute Gasteiger partial charge is 0.183 e. The van der Waals surface area contributed by atoms with Gasteiger partial charge in [0.1, 0.15) is 11.4 Å². The van der Waals surface area contributed by atoms with Gasteiger partial charge in [0.15, 0.2) is 17.0 Å². The van der Waals surface area contributed by atoms with E-state index in [1.807, 2.05) is 24.4 Å². The van der Waals surface area contributed by atoms with Crippen LogP contribution in [0, 0.1) is 28.1 Å². The lowest BCUT2D eigenvalue weighted by atomic mass is 9.73. The van der Waals surface area contributed by atoms with Crippen LogP contribution in [0.25, 0.3) is 11.2 Å². The molecule has 1 atom stereocenters. The van der Waals surface area contributed by atoms with Gasteiger partial charge in [-0.25, -0.2) is 9.97 Å². The van der Waals surface area contributed by atoms with E-state index in [-0.39, 0.29) is 11.5 Å². The number of rotatable bonds is 3. The van der Waals surface area contributed by atoms with Gasteiger partial charge in [0.25, 0.3) is 0 Å². The third kappa shape index (κ3) is 3.54. The number of nitrogens with one attached hydrogen (secondary N) is 1. The van der Waals surface area contributed by atoms with Gasteiger partial charge in [-0.3, -0.25) is 5.10 Å². The summed E-state index contributed by atoms with van der Waals surface area (Å²) in [5.41, 5.74) is 12.9. The first-order valence-corrected chi connectivity index (χ1v) is 14.3. The van der Waals surface area contributed by atoms with Crippen LogP contribution < -0.4 is 20.4 Å². The van der Waals surface area contributed by atoms with Gasteiger partial charge in [0, 0.05) is 32.2 Å². The molecule has 2 fully saturated rings. The number of aromatic nitrogens is 4. The predicted molar refractivity (Wildman–Crippen MR) is 156 cm³/mol. The van der Waals surface area contributed by atoms with Crippen molar-refractivity contribution in [1.29, 1.82) is 10.5 Å². The summed E-state index contributed by atoms with van der Waals surface area (Å²) >= 11 is 0. The molecule has 4 heterocycles. The second-order valence-corrected chi connectivity index (χ2v) is 11.9. The molecule has 3 N–H and O–H groups in total. The summed E-state index contributed by atoms with van der Waals surface area (Å²) in [7, 11) is 0. The monoisotopic (exact) mass is 542 g/mol. The highest BCUT2D eigenvalue weighted by Gasteiger charge is 2.51. The molecule has 2 aliphatic heterocycles. The average Bonchev–Trinajstić information content (AvgIpc) is 3.63. The highest BCUT2D eigenvalue weighted by Crippen LogP contribution is 2.51. The van der Waals surface area contributed by atoms with E-state index in [9.17, 15) is 10.5 Å². The fourth-order valence-electron chi connectivity index (χ4n) is 7.31. The molecule has 10 heteroatoms. The van der Waals surface area contributed by atoms with Crippen LogP contribution in [0.1, 0.15) is 48.4 Å². The van der Waals surface area contributed by atoms with Crippen LogP contribution in [0.5, 0.6) is 0 Å². The molecule has 4 aliphatic rings. The zero-order valence-electron chi connectivity index (χ0n) is 22.7. The van der Waals surface area contributed by atoms with Crippen molar-refractivity contribution >= 4 is 34.2 Å². The van der Waals surface area contributed by atoms with Gasteiger partial charge < -0.3 is 20.4 Å². The van der Waals surface area contributed by atoms with Crippen LogP contribution in [0.15, 0.2) is 48.7 Å². The molecule has 2 aromatic carbocycles. The van der Waals surface area contributed by atoms with E-state index in [1.165, 1.54) is 11.1 Å². The molecular formula is C31H30N10. The molecule has 0 bridgehead atoms. The summed E-state index contributed by atoms with van der Waals surface area (Å²) in [6.45, 7) is 3.10. The summed E-state index contributed by atoms with van der Waals surface area (Å²) < 4.78 is 0. The number of hydrogen-bond acceptors (Lipinski definition) is 9. The van der Waals surface area contributed by atoms with Gasteiger partial charge in [-0.15, -0.1) is 0 Å². The lowest BCUT2D eigenvalue weighted by molar-refractivity contribution is 0.187. The Kier molecular flexibility index (Phi) is 5.10. The molecular weight excluding hydrogens is 512 g/mol. The van der Waals surface area contributed by atoms with E-state index >= 15 is 0 Å². The number of aromatic amines is 1. The fourth-order valence-corrected chi connectivity index (χ4v) is 7.31. The number of hydrogen-bond donors (Lipinski definition) is 2. The van der Waals surface area contributed by atoms with Gasteiger partial charge in [-0.2, -0.15) is 15.6 Å². The fraction of sp³-hybridized carbons (Fsp3) is 0.387. The van der Waals surface area contributed by atoms with E-state index in [4.69, 9.17) is 15.7 Å². The topological polar surface area (TPSA) is 138 Å². The minimum absolute atomic E-state index is 0.0834. The second kappa shape index (κ2) is 8.66. The Balaban J connectivity index is 1.06. The van der Waals surface area contributed by atoms with Crippen LogP contribution in [-0.4, -0.2) is 51.9 Å². The van der Waals surface area contributed by atoms with E-state index in [0.717, 1.165) is 62.4 Å². The van der Waals surface area contributed by atoms with Crippen LogP contribution in [-0.2, 0) is 6.42 Å². The van der Waals surface area contributed by atoms with Gasteiger partial charge in [0.05, 0.1) is 35.3 Å². The maximum atomic E-state index is 9.88. The van der Waals surface area contributed by atoms with Gasteiger partial charge >= 0.3 is 0 Å². The standard InChI is InChI=1S/C31H30N10/c32-17-20-5-6-23-24(15-20)41(31(19-33)7-8-31)14-13-40(23)29-26-28(37-38-29)36-25(18-35-26)39-11-9-30(10-12-39)16-21-3-1-2-4-22(21)27(30)34/h1-6,15,18,27H,7-14,16,34H2,(H,36,37,38)/t27-/m1/s1. The van der Waals surface area contributed by atoms with Crippen LogP contribution in [0.3, 0.4) is 0 Å². The Morgan fingerprint density at radius 3 is 2.56 bits per heavy atom. The zero-order valence-corrected chi connectivity index (χ0v) is 22.7. The maximum Gasteiger partial charge on any atom is 0.183 e. The molecule has 204 valence electrons. The molecule has 2 aromatic heterocycles. The first kappa shape index (κ1) is 24.2. The maximum absolute atomic E-state index is 9.88. The molecule has 1 spiro atoms. The van der Waals surface area contributed by atoms with E-state index in [1.54, 1.807) is 0 Å². The highest BCUT2D eigenvalue weighted by molar-refractivity contribution is 5.91. The lowest BCUT2D eigenvalue weighted by Gasteiger charge is -2.42. The molecule has 0 amide bonds. The Bertz CT molecular complexity index is 1770. The Morgan fingerprint density at radius 1 is 0.976 bits per heavy atom. The normalized spacial score (nSPS) is 21.8. The third-order valence-corrected chi connectivity index (χ3v) is 9.85. The number of piperidine rings is 1. The Labute approximate surface area is 238 Å². The van der Waals surface area contributed by atoms with Gasteiger partial charge in [-0.1, -0.05) is 24.3 Å². The van der Waals surface area contributed by atoms with Crippen molar-refractivity contribution in [1.82, 2.24) is 20.2 Å². The number of nitriles is 2. The highest BCUT2D eigenvalue weighted by atomic mass is 15.4. The molecule has 0 radical (unpaired) electrons. The van der Waals surface area contributed by atoms with Gasteiger partial charge in [-0.05, 0) is 66.8 Å². The van der Waals surface area contributed by atoms with Crippen molar-refractivity contribution in [2.75, 3.05) is 40.9 Å². The number of nitrogens with two attached hydrogens (primary N) is 1.